The van der Waals surface area contributed by atoms with Gasteiger partial charge in [0.2, 0.25) is 0 Å². The van der Waals surface area contributed by atoms with E-state index in [-0.39, 0.29) is 5.82 Å². The number of benzene rings is 2. The standard InChI is InChI=1S/C22H13FN2OS/c23-18-8-4-7-16(11-18)21-10-9-19(26-21)12-17(13-24)22-25-20(14-27-22)15-5-2-1-3-6-15/h1-12,14H/b17-12+. The number of halogens is 1. The Kier molecular flexibility index (Phi) is 4.65. The summed E-state index contributed by atoms with van der Waals surface area (Å²) in [5.41, 5.74) is 2.90. The Morgan fingerprint density at radius 2 is 1.85 bits per heavy atom. The number of thiazole rings is 1. The molecule has 27 heavy (non-hydrogen) atoms. The predicted octanol–water partition coefficient (Wildman–Crippen LogP) is 6.27. The van der Waals surface area contributed by atoms with Crippen molar-refractivity contribution in [2.45, 2.75) is 0 Å². The fraction of sp³-hybridized carbons (Fsp3) is 0. The predicted molar refractivity (Wildman–Crippen MR) is 105 cm³/mol. The Bertz CT molecular complexity index is 1150. The highest BCUT2D eigenvalue weighted by Gasteiger charge is 2.11. The minimum Gasteiger partial charge on any atom is -0.457 e. The highest BCUT2D eigenvalue weighted by molar-refractivity contribution is 7.11. The van der Waals surface area contributed by atoms with Gasteiger partial charge in [0.1, 0.15) is 28.4 Å². The van der Waals surface area contributed by atoms with Crippen LogP contribution in [0.1, 0.15) is 10.8 Å². The van der Waals surface area contributed by atoms with Crippen LogP contribution < -0.4 is 0 Å². The minimum atomic E-state index is -0.324. The first-order chi connectivity index (χ1) is 13.2. The summed E-state index contributed by atoms with van der Waals surface area (Å²) in [5.74, 6) is 0.736. The Morgan fingerprint density at radius 3 is 2.63 bits per heavy atom. The zero-order chi connectivity index (χ0) is 18.6. The smallest absolute Gasteiger partial charge is 0.134 e. The molecule has 0 N–H and O–H groups in total. The summed E-state index contributed by atoms with van der Waals surface area (Å²) >= 11 is 1.41. The molecule has 0 fully saturated rings. The largest absolute Gasteiger partial charge is 0.457 e. The van der Waals surface area contributed by atoms with Crippen LogP contribution >= 0.6 is 11.3 Å². The fourth-order valence-electron chi connectivity index (χ4n) is 2.65. The summed E-state index contributed by atoms with van der Waals surface area (Å²) in [6.07, 6.45) is 1.65. The second kappa shape index (κ2) is 7.40. The molecule has 2 heterocycles. The number of nitriles is 1. The SMILES string of the molecule is N#C/C(=C\c1ccc(-c2cccc(F)c2)o1)c1nc(-c2ccccc2)cs1. The molecule has 0 bridgehead atoms. The van der Waals surface area contributed by atoms with Gasteiger partial charge in [-0.1, -0.05) is 42.5 Å². The highest BCUT2D eigenvalue weighted by atomic mass is 32.1. The van der Waals surface area contributed by atoms with Crippen LogP contribution in [0, 0.1) is 17.1 Å². The van der Waals surface area contributed by atoms with Crippen LogP contribution in [0.15, 0.2) is 76.5 Å². The van der Waals surface area contributed by atoms with Gasteiger partial charge in [-0.05, 0) is 24.3 Å². The van der Waals surface area contributed by atoms with Crippen LogP contribution in [-0.4, -0.2) is 4.98 Å². The van der Waals surface area contributed by atoms with Gasteiger partial charge in [-0.25, -0.2) is 9.37 Å². The molecule has 0 saturated heterocycles. The van der Waals surface area contributed by atoms with E-state index in [2.05, 4.69) is 11.1 Å². The van der Waals surface area contributed by atoms with E-state index < -0.39 is 0 Å². The quantitative estimate of drug-likeness (QED) is 0.397. The maximum atomic E-state index is 13.4. The molecule has 2 aromatic heterocycles. The van der Waals surface area contributed by atoms with E-state index in [0.717, 1.165) is 11.3 Å². The number of hydrogen-bond acceptors (Lipinski definition) is 4. The molecule has 0 amide bonds. The van der Waals surface area contributed by atoms with E-state index in [1.165, 1.54) is 23.5 Å². The number of rotatable bonds is 4. The summed E-state index contributed by atoms with van der Waals surface area (Å²) in [5, 5.41) is 12.1. The van der Waals surface area contributed by atoms with Gasteiger partial charge in [-0.3, -0.25) is 0 Å². The van der Waals surface area contributed by atoms with Crippen LogP contribution in [0.25, 0.3) is 34.2 Å². The summed E-state index contributed by atoms with van der Waals surface area (Å²) in [6, 6.07) is 21.7. The van der Waals surface area contributed by atoms with E-state index in [4.69, 9.17) is 4.42 Å². The average Bonchev–Trinajstić information content (AvgIpc) is 3.37. The van der Waals surface area contributed by atoms with Crippen molar-refractivity contribution < 1.29 is 8.81 Å². The van der Waals surface area contributed by atoms with Crippen molar-refractivity contribution in [2.24, 2.45) is 0 Å². The van der Waals surface area contributed by atoms with Crippen molar-refractivity contribution in [3.8, 4) is 28.7 Å². The number of allylic oxidation sites excluding steroid dienone is 1. The van der Waals surface area contributed by atoms with Crippen LogP contribution in [0.2, 0.25) is 0 Å². The van der Waals surface area contributed by atoms with Crippen molar-refractivity contribution >= 4 is 23.0 Å². The van der Waals surface area contributed by atoms with Gasteiger partial charge in [0.15, 0.2) is 0 Å². The molecule has 0 radical (unpaired) electrons. The third kappa shape index (κ3) is 3.71. The molecule has 0 unspecified atom stereocenters. The first-order valence-corrected chi connectivity index (χ1v) is 9.10. The van der Waals surface area contributed by atoms with Gasteiger partial charge in [0.25, 0.3) is 0 Å². The van der Waals surface area contributed by atoms with Crippen LogP contribution in [-0.2, 0) is 0 Å². The third-order valence-corrected chi connectivity index (χ3v) is 4.82. The van der Waals surface area contributed by atoms with Gasteiger partial charge in [-0.15, -0.1) is 11.3 Å². The first-order valence-electron chi connectivity index (χ1n) is 8.22. The molecule has 0 aliphatic rings. The van der Waals surface area contributed by atoms with Crippen molar-refractivity contribution in [1.82, 2.24) is 4.98 Å². The second-order valence-corrected chi connectivity index (χ2v) is 6.64. The summed E-state index contributed by atoms with van der Waals surface area (Å²) in [6.45, 7) is 0. The molecule has 130 valence electrons. The number of aromatic nitrogens is 1. The lowest BCUT2D eigenvalue weighted by atomic mass is 10.2. The maximum Gasteiger partial charge on any atom is 0.134 e. The van der Waals surface area contributed by atoms with E-state index in [1.54, 1.807) is 30.3 Å². The number of hydrogen-bond donors (Lipinski definition) is 0. The Morgan fingerprint density at radius 1 is 1.04 bits per heavy atom. The lowest BCUT2D eigenvalue weighted by Crippen LogP contribution is -1.82. The zero-order valence-electron chi connectivity index (χ0n) is 14.1. The summed E-state index contributed by atoms with van der Waals surface area (Å²) in [4.78, 5) is 4.56. The normalized spacial score (nSPS) is 11.3. The van der Waals surface area contributed by atoms with Gasteiger partial charge in [0.05, 0.1) is 11.3 Å². The van der Waals surface area contributed by atoms with E-state index in [0.29, 0.717) is 27.7 Å². The molecule has 3 nitrogen and oxygen atoms in total. The molecule has 0 saturated carbocycles. The lowest BCUT2D eigenvalue weighted by Gasteiger charge is -1.97. The van der Waals surface area contributed by atoms with Crippen molar-refractivity contribution in [3.05, 3.63) is 88.7 Å². The topological polar surface area (TPSA) is 49.8 Å². The third-order valence-electron chi connectivity index (χ3n) is 3.95. The second-order valence-electron chi connectivity index (χ2n) is 5.79. The number of nitrogens with zero attached hydrogens (tertiary/aromatic N) is 2. The fourth-order valence-corrected chi connectivity index (χ4v) is 3.44. The Balaban J connectivity index is 1.63. The molecule has 4 aromatic rings. The molecule has 2 aromatic carbocycles. The molecule has 0 aliphatic carbocycles. The Labute approximate surface area is 159 Å². The molecule has 4 rings (SSSR count). The van der Waals surface area contributed by atoms with Gasteiger partial charge in [-0.2, -0.15) is 5.26 Å². The lowest BCUT2D eigenvalue weighted by molar-refractivity contribution is 0.570. The minimum absolute atomic E-state index is 0.324. The Hall–Kier alpha value is -3.49. The van der Waals surface area contributed by atoms with Crippen LogP contribution in [0.3, 0.4) is 0 Å². The van der Waals surface area contributed by atoms with E-state index in [1.807, 2.05) is 35.7 Å². The first kappa shape index (κ1) is 17.0. The number of furan rings is 1. The molecular formula is C22H13FN2OS. The zero-order valence-corrected chi connectivity index (χ0v) is 14.9. The molecular weight excluding hydrogens is 359 g/mol. The van der Waals surface area contributed by atoms with Gasteiger partial charge < -0.3 is 4.42 Å². The van der Waals surface area contributed by atoms with Crippen molar-refractivity contribution in [2.75, 3.05) is 0 Å². The van der Waals surface area contributed by atoms with Gasteiger partial charge >= 0.3 is 0 Å². The molecule has 0 aliphatic heterocycles. The molecule has 0 spiro atoms. The molecule has 0 atom stereocenters. The summed E-state index contributed by atoms with van der Waals surface area (Å²) in [7, 11) is 0. The van der Waals surface area contributed by atoms with E-state index in [9.17, 15) is 9.65 Å². The van der Waals surface area contributed by atoms with Gasteiger partial charge in [0, 0.05) is 22.6 Å². The summed E-state index contributed by atoms with van der Waals surface area (Å²) < 4.78 is 19.1. The molecule has 5 heteroatoms. The van der Waals surface area contributed by atoms with E-state index >= 15 is 0 Å². The highest BCUT2D eigenvalue weighted by Crippen LogP contribution is 2.29. The van der Waals surface area contributed by atoms with Crippen LogP contribution in [0.5, 0.6) is 0 Å². The maximum absolute atomic E-state index is 13.4. The van der Waals surface area contributed by atoms with Crippen molar-refractivity contribution in [1.29, 1.82) is 5.26 Å². The van der Waals surface area contributed by atoms with Crippen LogP contribution in [0.4, 0.5) is 4.39 Å². The average molecular weight is 372 g/mol. The van der Waals surface area contributed by atoms with Crippen molar-refractivity contribution in [3.63, 3.8) is 0 Å². The monoisotopic (exact) mass is 372 g/mol.